The highest BCUT2D eigenvalue weighted by Gasteiger charge is 2.38. The van der Waals surface area contributed by atoms with E-state index in [1.807, 2.05) is 0 Å². The van der Waals surface area contributed by atoms with Gasteiger partial charge in [-0.3, -0.25) is 0 Å². The molecule has 0 saturated heterocycles. The van der Waals surface area contributed by atoms with Crippen LogP contribution in [-0.2, 0) is 0 Å². The highest BCUT2D eigenvalue weighted by atomic mass is 16.3. The van der Waals surface area contributed by atoms with Gasteiger partial charge in [-0.1, -0.05) is 18.6 Å². The second kappa shape index (κ2) is 3.91. The molecule has 0 aromatic rings. The van der Waals surface area contributed by atoms with Gasteiger partial charge in [-0.05, 0) is 39.0 Å². The molecular formula is C10H18O. The summed E-state index contributed by atoms with van der Waals surface area (Å²) in [6.07, 6.45) is 11.0. The lowest BCUT2D eigenvalue weighted by Gasteiger charge is -2.04. The van der Waals surface area contributed by atoms with E-state index in [4.69, 9.17) is 0 Å². The topological polar surface area (TPSA) is 20.2 Å². The van der Waals surface area contributed by atoms with Gasteiger partial charge < -0.3 is 5.11 Å². The largest absolute Gasteiger partial charge is 0.390 e. The molecule has 0 aromatic carbocycles. The van der Waals surface area contributed by atoms with E-state index < -0.39 is 0 Å². The Morgan fingerprint density at radius 2 is 2.09 bits per heavy atom. The minimum absolute atomic E-state index is 0.226. The van der Waals surface area contributed by atoms with Crippen molar-refractivity contribution in [1.82, 2.24) is 0 Å². The van der Waals surface area contributed by atoms with Gasteiger partial charge in [-0.2, -0.15) is 0 Å². The van der Waals surface area contributed by atoms with Crippen molar-refractivity contribution in [2.75, 3.05) is 0 Å². The van der Waals surface area contributed by atoms with Crippen molar-refractivity contribution in [3.05, 3.63) is 12.2 Å². The van der Waals surface area contributed by atoms with Crippen molar-refractivity contribution >= 4 is 0 Å². The van der Waals surface area contributed by atoms with Crippen molar-refractivity contribution < 1.29 is 5.11 Å². The molecule has 1 aliphatic rings. The highest BCUT2D eigenvalue weighted by molar-refractivity contribution is 4.92. The summed E-state index contributed by atoms with van der Waals surface area (Å²) in [6, 6.07) is 0. The predicted molar refractivity (Wildman–Crippen MR) is 47.5 cm³/mol. The minimum Gasteiger partial charge on any atom is -0.390 e. The molecule has 1 saturated carbocycles. The summed E-state index contributed by atoms with van der Waals surface area (Å²) >= 11 is 0. The Balaban J connectivity index is 1.88. The lowest BCUT2D eigenvalue weighted by molar-refractivity contribution is 0.137. The highest BCUT2D eigenvalue weighted by Crippen LogP contribution is 2.39. The number of rotatable bonds is 5. The second-order valence-corrected chi connectivity index (χ2v) is 3.54. The first kappa shape index (κ1) is 8.79. The molecule has 64 valence electrons. The molecular weight excluding hydrogens is 136 g/mol. The molecule has 0 atom stereocenters. The Labute approximate surface area is 69.1 Å². The van der Waals surface area contributed by atoms with E-state index in [9.17, 15) is 5.11 Å². The zero-order valence-corrected chi connectivity index (χ0v) is 7.34. The van der Waals surface area contributed by atoms with Gasteiger partial charge in [-0.15, -0.1) is 0 Å². The van der Waals surface area contributed by atoms with Gasteiger partial charge in [0.1, 0.15) is 0 Å². The van der Waals surface area contributed by atoms with E-state index in [2.05, 4.69) is 19.1 Å². The summed E-state index contributed by atoms with van der Waals surface area (Å²) in [5.74, 6) is 0. The Hall–Kier alpha value is -0.300. The number of hydrogen-bond donors (Lipinski definition) is 1. The Kier molecular flexibility index (Phi) is 3.13. The van der Waals surface area contributed by atoms with Crippen molar-refractivity contribution in [3.8, 4) is 0 Å². The van der Waals surface area contributed by atoms with E-state index in [-0.39, 0.29) is 5.60 Å². The van der Waals surface area contributed by atoms with E-state index in [1.165, 1.54) is 19.3 Å². The molecule has 0 aromatic heterocycles. The third kappa shape index (κ3) is 3.57. The van der Waals surface area contributed by atoms with Crippen LogP contribution < -0.4 is 0 Å². The van der Waals surface area contributed by atoms with Crippen LogP contribution in [0.5, 0.6) is 0 Å². The van der Waals surface area contributed by atoms with Gasteiger partial charge in [-0.25, -0.2) is 0 Å². The summed E-state index contributed by atoms with van der Waals surface area (Å²) in [4.78, 5) is 0. The lowest BCUT2D eigenvalue weighted by atomic mass is 10.1. The van der Waals surface area contributed by atoms with E-state index >= 15 is 0 Å². The first-order chi connectivity index (χ1) is 5.27. The predicted octanol–water partition coefficient (Wildman–Crippen LogP) is 2.65. The molecule has 0 unspecified atom stereocenters. The van der Waals surface area contributed by atoms with Crippen LogP contribution in [0, 0.1) is 0 Å². The molecule has 1 nitrogen and oxygen atoms in total. The monoisotopic (exact) mass is 154 g/mol. The van der Waals surface area contributed by atoms with Crippen LogP contribution in [0.4, 0.5) is 0 Å². The molecule has 11 heavy (non-hydrogen) atoms. The number of unbranched alkanes of at least 4 members (excludes halogenated alkanes) is 2. The Bertz CT molecular complexity index is 134. The van der Waals surface area contributed by atoms with Gasteiger partial charge in [0.05, 0.1) is 5.60 Å². The van der Waals surface area contributed by atoms with Gasteiger partial charge in [0.25, 0.3) is 0 Å². The van der Waals surface area contributed by atoms with Crippen molar-refractivity contribution in [3.63, 3.8) is 0 Å². The van der Waals surface area contributed by atoms with Crippen LogP contribution in [-0.4, -0.2) is 10.7 Å². The fourth-order valence-electron chi connectivity index (χ4n) is 1.28. The van der Waals surface area contributed by atoms with Gasteiger partial charge in [0.2, 0.25) is 0 Å². The van der Waals surface area contributed by atoms with Crippen LogP contribution in [0.25, 0.3) is 0 Å². The van der Waals surface area contributed by atoms with Crippen LogP contribution in [0.15, 0.2) is 12.2 Å². The van der Waals surface area contributed by atoms with E-state index in [1.54, 1.807) is 0 Å². The van der Waals surface area contributed by atoms with Crippen LogP contribution >= 0.6 is 0 Å². The maximum absolute atomic E-state index is 9.47. The fourth-order valence-corrected chi connectivity index (χ4v) is 1.28. The molecule has 0 amide bonds. The molecule has 1 aliphatic carbocycles. The smallest absolute Gasteiger partial charge is 0.0650 e. The Morgan fingerprint density at radius 3 is 2.64 bits per heavy atom. The standard InChI is InChI=1S/C10H18O/c1-2-3-4-5-6-7-10(11)8-9-10/h2-3,11H,4-9H2,1H3. The average molecular weight is 154 g/mol. The molecule has 0 bridgehead atoms. The molecule has 0 spiro atoms. The Morgan fingerprint density at radius 1 is 1.36 bits per heavy atom. The van der Waals surface area contributed by atoms with Crippen LogP contribution in [0.2, 0.25) is 0 Å². The fraction of sp³-hybridized carbons (Fsp3) is 0.800. The normalized spacial score (nSPS) is 20.9. The van der Waals surface area contributed by atoms with Crippen molar-refractivity contribution in [2.24, 2.45) is 0 Å². The van der Waals surface area contributed by atoms with Gasteiger partial charge in [0.15, 0.2) is 0 Å². The number of allylic oxidation sites excluding steroid dienone is 2. The average Bonchev–Trinajstić information content (AvgIpc) is 2.69. The molecule has 0 heterocycles. The summed E-state index contributed by atoms with van der Waals surface area (Å²) in [6.45, 7) is 2.05. The third-order valence-electron chi connectivity index (χ3n) is 2.33. The van der Waals surface area contributed by atoms with E-state index in [0.717, 1.165) is 19.3 Å². The summed E-state index contributed by atoms with van der Waals surface area (Å²) in [5, 5.41) is 9.47. The van der Waals surface area contributed by atoms with Crippen LogP contribution in [0.1, 0.15) is 45.4 Å². The van der Waals surface area contributed by atoms with Gasteiger partial charge >= 0.3 is 0 Å². The zero-order valence-electron chi connectivity index (χ0n) is 7.34. The number of aliphatic hydroxyl groups is 1. The first-order valence-corrected chi connectivity index (χ1v) is 4.60. The molecule has 1 rings (SSSR count). The van der Waals surface area contributed by atoms with E-state index in [0.29, 0.717) is 0 Å². The number of hydrogen-bond acceptors (Lipinski definition) is 1. The SMILES string of the molecule is CC=CCCCCC1(O)CC1. The quantitative estimate of drug-likeness (QED) is 0.477. The summed E-state index contributed by atoms with van der Waals surface area (Å²) < 4.78 is 0. The molecule has 1 heteroatoms. The molecule has 1 N–H and O–H groups in total. The minimum atomic E-state index is -0.226. The second-order valence-electron chi connectivity index (χ2n) is 3.54. The maximum atomic E-state index is 9.47. The lowest BCUT2D eigenvalue weighted by Crippen LogP contribution is -2.05. The van der Waals surface area contributed by atoms with Crippen molar-refractivity contribution in [1.29, 1.82) is 0 Å². The van der Waals surface area contributed by atoms with Gasteiger partial charge in [0, 0.05) is 0 Å². The first-order valence-electron chi connectivity index (χ1n) is 4.60. The molecule has 1 fully saturated rings. The molecule has 0 aliphatic heterocycles. The summed E-state index contributed by atoms with van der Waals surface area (Å²) in [5.41, 5.74) is -0.226. The third-order valence-corrected chi connectivity index (χ3v) is 2.33. The summed E-state index contributed by atoms with van der Waals surface area (Å²) in [7, 11) is 0. The van der Waals surface area contributed by atoms with Crippen molar-refractivity contribution in [2.45, 2.75) is 51.0 Å². The maximum Gasteiger partial charge on any atom is 0.0650 e. The zero-order chi connectivity index (χ0) is 8.16. The molecule has 0 radical (unpaired) electrons. The van der Waals surface area contributed by atoms with Crippen LogP contribution in [0.3, 0.4) is 0 Å².